The van der Waals surface area contributed by atoms with Gasteiger partial charge in [0.05, 0.1) is 7.11 Å². The highest BCUT2D eigenvalue weighted by molar-refractivity contribution is 5.87. The van der Waals surface area contributed by atoms with E-state index in [9.17, 15) is 4.79 Å². The number of hydrogen-bond donors (Lipinski definition) is 0. The zero-order chi connectivity index (χ0) is 13.0. The van der Waals surface area contributed by atoms with Gasteiger partial charge in [0.15, 0.2) is 5.69 Å². The van der Waals surface area contributed by atoms with Crippen LogP contribution < -0.4 is 4.90 Å². The second-order valence-electron chi connectivity index (χ2n) is 4.15. The molecular weight excluding hydrogens is 232 g/mol. The van der Waals surface area contributed by atoms with Gasteiger partial charge in [0.25, 0.3) is 0 Å². The number of esters is 1. The maximum Gasteiger partial charge on any atom is 0.356 e. The van der Waals surface area contributed by atoms with Crippen LogP contribution in [0.4, 0.5) is 5.95 Å². The molecule has 1 saturated heterocycles. The van der Waals surface area contributed by atoms with Crippen LogP contribution in [0.15, 0.2) is 12.3 Å². The summed E-state index contributed by atoms with van der Waals surface area (Å²) in [7, 11) is 1.35. The monoisotopic (exact) mass is 250 g/mol. The van der Waals surface area contributed by atoms with Crippen molar-refractivity contribution in [2.45, 2.75) is 6.92 Å². The van der Waals surface area contributed by atoms with Gasteiger partial charge < -0.3 is 14.5 Å². The van der Waals surface area contributed by atoms with Crippen LogP contribution in [0.25, 0.3) is 0 Å². The Hall–Kier alpha value is -1.69. The third kappa shape index (κ3) is 2.76. The Morgan fingerprint density at radius 3 is 2.72 bits per heavy atom. The van der Waals surface area contributed by atoms with Crippen molar-refractivity contribution in [3.05, 3.63) is 18.0 Å². The van der Waals surface area contributed by atoms with Crippen molar-refractivity contribution in [1.29, 1.82) is 0 Å². The first kappa shape index (κ1) is 12.8. The Bertz CT molecular complexity index is 416. The van der Waals surface area contributed by atoms with E-state index in [1.54, 1.807) is 12.3 Å². The number of rotatable bonds is 3. The first-order valence-corrected chi connectivity index (χ1v) is 6.13. The predicted octanol–water partition coefficient (Wildman–Crippen LogP) is 0.405. The molecule has 0 N–H and O–H groups in total. The summed E-state index contributed by atoms with van der Waals surface area (Å²) < 4.78 is 4.66. The SMILES string of the molecule is CCN1CCN(c2nccc(C(=O)OC)n2)CC1. The Morgan fingerprint density at radius 2 is 2.11 bits per heavy atom. The van der Waals surface area contributed by atoms with Crippen LogP contribution in [0.1, 0.15) is 17.4 Å². The largest absolute Gasteiger partial charge is 0.464 e. The number of likely N-dealkylation sites (N-methyl/N-ethyl adjacent to an activating group) is 1. The Kier molecular flexibility index (Phi) is 4.09. The fourth-order valence-electron chi connectivity index (χ4n) is 1.98. The first-order valence-electron chi connectivity index (χ1n) is 6.13. The molecule has 1 aliphatic rings. The third-order valence-electron chi connectivity index (χ3n) is 3.14. The van der Waals surface area contributed by atoms with Gasteiger partial charge >= 0.3 is 5.97 Å². The fourth-order valence-corrected chi connectivity index (χ4v) is 1.98. The lowest BCUT2D eigenvalue weighted by atomic mass is 10.3. The minimum atomic E-state index is -0.425. The number of carbonyl (C=O) groups excluding carboxylic acids is 1. The van der Waals surface area contributed by atoms with E-state index in [0.29, 0.717) is 11.6 Å². The van der Waals surface area contributed by atoms with Crippen molar-refractivity contribution >= 4 is 11.9 Å². The highest BCUT2D eigenvalue weighted by Gasteiger charge is 2.19. The number of hydrogen-bond acceptors (Lipinski definition) is 6. The van der Waals surface area contributed by atoms with Gasteiger partial charge in [-0.1, -0.05) is 6.92 Å². The van der Waals surface area contributed by atoms with Crippen LogP contribution in [-0.2, 0) is 4.74 Å². The molecule has 0 spiro atoms. The van der Waals surface area contributed by atoms with Gasteiger partial charge in [-0.15, -0.1) is 0 Å². The zero-order valence-electron chi connectivity index (χ0n) is 10.8. The van der Waals surface area contributed by atoms with E-state index in [4.69, 9.17) is 0 Å². The molecule has 1 fully saturated rings. The van der Waals surface area contributed by atoms with Crippen molar-refractivity contribution in [3.63, 3.8) is 0 Å². The highest BCUT2D eigenvalue weighted by atomic mass is 16.5. The molecule has 0 unspecified atom stereocenters. The normalized spacial score (nSPS) is 16.7. The summed E-state index contributed by atoms with van der Waals surface area (Å²) in [6, 6.07) is 1.57. The third-order valence-corrected chi connectivity index (χ3v) is 3.14. The Balaban J connectivity index is 2.07. The molecule has 0 amide bonds. The predicted molar refractivity (Wildman–Crippen MR) is 67.7 cm³/mol. The molecule has 6 nitrogen and oxygen atoms in total. The Morgan fingerprint density at radius 1 is 1.39 bits per heavy atom. The fraction of sp³-hybridized carbons (Fsp3) is 0.583. The molecule has 18 heavy (non-hydrogen) atoms. The van der Waals surface area contributed by atoms with Gasteiger partial charge in [-0.3, -0.25) is 0 Å². The van der Waals surface area contributed by atoms with Crippen LogP contribution in [0.5, 0.6) is 0 Å². The van der Waals surface area contributed by atoms with E-state index >= 15 is 0 Å². The van der Waals surface area contributed by atoms with E-state index < -0.39 is 5.97 Å². The maximum absolute atomic E-state index is 11.4. The van der Waals surface area contributed by atoms with E-state index in [1.807, 2.05) is 0 Å². The van der Waals surface area contributed by atoms with Crippen molar-refractivity contribution < 1.29 is 9.53 Å². The first-order chi connectivity index (χ1) is 8.74. The number of aromatic nitrogens is 2. The summed E-state index contributed by atoms with van der Waals surface area (Å²) in [6.07, 6.45) is 1.60. The molecule has 98 valence electrons. The van der Waals surface area contributed by atoms with Gasteiger partial charge in [0, 0.05) is 32.4 Å². The van der Waals surface area contributed by atoms with Gasteiger partial charge in [-0.25, -0.2) is 14.8 Å². The molecule has 1 aromatic heterocycles. The number of carbonyl (C=O) groups is 1. The second kappa shape index (κ2) is 5.77. The molecule has 2 heterocycles. The minimum absolute atomic E-state index is 0.306. The van der Waals surface area contributed by atoms with Crippen LogP contribution >= 0.6 is 0 Å². The molecule has 0 aliphatic carbocycles. The quantitative estimate of drug-likeness (QED) is 0.724. The zero-order valence-corrected chi connectivity index (χ0v) is 10.8. The summed E-state index contributed by atoms with van der Waals surface area (Å²) in [5.41, 5.74) is 0.306. The molecule has 0 radical (unpaired) electrons. The average Bonchev–Trinajstić information content (AvgIpc) is 2.46. The van der Waals surface area contributed by atoms with Crippen LogP contribution in [-0.4, -0.2) is 60.7 Å². The van der Waals surface area contributed by atoms with E-state index in [2.05, 4.69) is 31.4 Å². The number of anilines is 1. The highest BCUT2D eigenvalue weighted by Crippen LogP contribution is 2.11. The summed E-state index contributed by atoms with van der Waals surface area (Å²) in [4.78, 5) is 24.3. The molecule has 6 heteroatoms. The second-order valence-corrected chi connectivity index (χ2v) is 4.15. The molecular formula is C12H18N4O2. The standard InChI is InChI=1S/C12H18N4O2/c1-3-15-6-8-16(9-7-15)12-13-5-4-10(14-12)11(17)18-2/h4-5H,3,6-9H2,1-2H3. The number of methoxy groups -OCH3 is 1. The van der Waals surface area contributed by atoms with Crippen molar-refractivity contribution in [2.24, 2.45) is 0 Å². The number of ether oxygens (including phenoxy) is 1. The summed E-state index contributed by atoms with van der Waals surface area (Å²) >= 11 is 0. The van der Waals surface area contributed by atoms with E-state index in [0.717, 1.165) is 32.7 Å². The van der Waals surface area contributed by atoms with Crippen LogP contribution in [0, 0.1) is 0 Å². The minimum Gasteiger partial charge on any atom is -0.464 e. The molecule has 2 rings (SSSR count). The number of nitrogens with zero attached hydrogens (tertiary/aromatic N) is 4. The molecule has 0 atom stereocenters. The van der Waals surface area contributed by atoms with Gasteiger partial charge in [0.1, 0.15) is 0 Å². The lowest BCUT2D eigenvalue weighted by Gasteiger charge is -2.33. The molecule has 1 aromatic rings. The number of piperazine rings is 1. The summed E-state index contributed by atoms with van der Waals surface area (Å²) in [6.45, 7) is 7.00. The van der Waals surface area contributed by atoms with Crippen molar-refractivity contribution in [1.82, 2.24) is 14.9 Å². The van der Waals surface area contributed by atoms with Gasteiger partial charge in [-0.05, 0) is 12.6 Å². The topological polar surface area (TPSA) is 58.6 Å². The lowest BCUT2D eigenvalue weighted by Crippen LogP contribution is -2.46. The van der Waals surface area contributed by atoms with Crippen LogP contribution in [0.2, 0.25) is 0 Å². The summed E-state index contributed by atoms with van der Waals surface area (Å²) in [5.74, 6) is 0.180. The Labute approximate surface area is 107 Å². The molecule has 0 aromatic carbocycles. The summed E-state index contributed by atoms with van der Waals surface area (Å²) in [5, 5.41) is 0. The van der Waals surface area contributed by atoms with Crippen molar-refractivity contribution in [3.8, 4) is 0 Å². The lowest BCUT2D eigenvalue weighted by molar-refractivity contribution is 0.0594. The van der Waals surface area contributed by atoms with Crippen LogP contribution in [0.3, 0.4) is 0 Å². The van der Waals surface area contributed by atoms with Gasteiger partial charge in [0.2, 0.25) is 5.95 Å². The molecule has 0 bridgehead atoms. The maximum atomic E-state index is 11.4. The average molecular weight is 250 g/mol. The smallest absolute Gasteiger partial charge is 0.356 e. The van der Waals surface area contributed by atoms with E-state index in [1.165, 1.54) is 7.11 Å². The van der Waals surface area contributed by atoms with Gasteiger partial charge in [-0.2, -0.15) is 0 Å². The van der Waals surface area contributed by atoms with Crippen molar-refractivity contribution in [2.75, 3.05) is 44.7 Å². The molecule has 0 saturated carbocycles. The van der Waals surface area contributed by atoms with E-state index in [-0.39, 0.29) is 0 Å². The molecule has 1 aliphatic heterocycles.